The number of hydrogen-bond acceptors (Lipinski definition) is 4. The molecule has 0 rings (SSSR count). The third kappa shape index (κ3) is 4.94. The van der Waals surface area contributed by atoms with Gasteiger partial charge in [-0.15, -0.1) is 0 Å². The van der Waals surface area contributed by atoms with Crippen molar-refractivity contribution in [3.8, 4) is 0 Å². The number of ether oxygens (including phenoxy) is 1. The molecule has 0 amide bonds. The molecule has 0 fully saturated rings. The summed E-state index contributed by atoms with van der Waals surface area (Å²) in [6.07, 6.45) is 4.27. The fraction of sp³-hybridized carbons (Fsp3) is 0.667. The van der Waals surface area contributed by atoms with Gasteiger partial charge in [-0.3, -0.25) is 4.79 Å². The second-order valence-corrected chi connectivity index (χ2v) is 5.05. The first-order valence-electron chi connectivity index (χ1n) is 4.63. The summed E-state index contributed by atoms with van der Waals surface area (Å²) >= 11 is 0. The molecule has 0 aromatic carbocycles. The minimum atomic E-state index is -3.61. The smallest absolute Gasteiger partial charge is 0.325 e. The van der Waals surface area contributed by atoms with E-state index in [9.17, 15) is 13.2 Å². The molecule has 1 unspecified atom stereocenters. The Bertz CT molecular complexity index is 321. The van der Waals surface area contributed by atoms with Gasteiger partial charge in [-0.05, 0) is 20.3 Å². The van der Waals surface area contributed by atoms with Crippen molar-refractivity contribution in [2.24, 2.45) is 0 Å². The van der Waals surface area contributed by atoms with Crippen LogP contribution in [0, 0.1) is 0 Å². The number of carbonyl (C=O) groups excluding carboxylic acids is 1. The highest BCUT2D eigenvalue weighted by atomic mass is 32.2. The normalized spacial score (nSPS) is 14.1. The van der Waals surface area contributed by atoms with E-state index in [1.807, 2.05) is 19.1 Å². The van der Waals surface area contributed by atoms with Gasteiger partial charge in [0.25, 0.3) is 0 Å². The highest BCUT2D eigenvalue weighted by Gasteiger charge is 2.27. The molecule has 0 aliphatic rings. The van der Waals surface area contributed by atoms with E-state index in [1.54, 1.807) is 0 Å². The molecule has 0 aliphatic heterocycles. The highest BCUT2D eigenvalue weighted by molar-refractivity contribution is 7.90. The first-order chi connectivity index (χ1) is 6.95. The lowest BCUT2D eigenvalue weighted by molar-refractivity contribution is -0.139. The van der Waals surface area contributed by atoms with Crippen LogP contribution in [0.4, 0.5) is 0 Å². The van der Waals surface area contributed by atoms with Gasteiger partial charge in [-0.2, -0.15) is 0 Å². The molecule has 0 radical (unpaired) electrons. The summed E-state index contributed by atoms with van der Waals surface area (Å²) < 4.78 is 29.6. The van der Waals surface area contributed by atoms with Crippen molar-refractivity contribution in [2.45, 2.75) is 25.5 Å². The number of nitrogens with one attached hydrogen (secondary N) is 1. The zero-order valence-corrected chi connectivity index (χ0v) is 10.0. The molecule has 1 N–H and O–H groups in total. The van der Waals surface area contributed by atoms with Gasteiger partial charge < -0.3 is 4.74 Å². The lowest BCUT2D eigenvalue weighted by Crippen LogP contribution is -2.38. The van der Waals surface area contributed by atoms with E-state index in [2.05, 4.69) is 9.46 Å². The molecule has 0 heterocycles. The van der Waals surface area contributed by atoms with E-state index in [-0.39, 0.29) is 6.54 Å². The van der Waals surface area contributed by atoms with E-state index in [1.165, 1.54) is 6.92 Å². The minimum absolute atomic E-state index is 0.286. The van der Waals surface area contributed by atoms with Crippen LogP contribution in [0.5, 0.6) is 0 Å². The summed E-state index contributed by atoms with van der Waals surface area (Å²) in [6.45, 7) is 3.43. The standard InChI is InChI=1S/C9H17NO4S/c1-4-5-6-7-10-15(12,13)8(2)9(11)14-3/h4-5,8,10H,6-7H2,1-3H3/b5-4+. The monoisotopic (exact) mass is 235 g/mol. The first kappa shape index (κ1) is 14.1. The molecule has 0 saturated carbocycles. The summed E-state index contributed by atoms with van der Waals surface area (Å²) in [5, 5.41) is -1.17. The molecule has 0 spiro atoms. The van der Waals surface area contributed by atoms with Gasteiger partial charge in [-0.1, -0.05) is 12.2 Å². The molecular weight excluding hydrogens is 218 g/mol. The Balaban J connectivity index is 4.24. The molecule has 5 nitrogen and oxygen atoms in total. The molecule has 6 heteroatoms. The van der Waals surface area contributed by atoms with E-state index in [0.29, 0.717) is 6.42 Å². The van der Waals surface area contributed by atoms with Gasteiger partial charge in [0.15, 0.2) is 5.25 Å². The summed E-state index contributed by atoms with van der Waals surface area (Å²) in [5.74, 6) is -0.756. The van der Waals surface area contributed by atoms with Gasteiger partial charge in [0.05, 0.1) is 7.11 Å². The third-order valence-corrected chi connectivity index (χ3v) is 3.58. The summed E-state index contributed by atoms with van der Waals surface area (Å²) in [5.41, 5.74) is 0. The van der Waals surface area contributed by atoms with Crippen LogP contribution in [0.25, 0.3) is 0 Å². The highest BCUT2D eigenvalue weighted by Crippen LogP contribution is 2.00. The van der Waals surface area contributed by atoms with Crippen molar-refractivity contribution in [3.63, 3.8) is 0 Å². The molecule has 0 aromatic rings. The summed E-state index contributed by atoms with van der Waals surface area (Å²) in [6, 6.07) is 0. The lowest BCUT2D eigenvalue weighted by Gasteiger charge is -2.10. The molecule has 0 aromatic heterocycles. The zero-order chi connectivity index (χ0) is 11.9. The zero-order valence-electron chi connectivity index (χ0n) is 9.19. The second kappa shape index (κ2) is 6.58. The quantitative estimate of drug-likeness (QED) is 0.412. The molecular formula is C9H17NO4S. The Morgan fingerprint density at radius 1 is 1.53 bits per heavy atom. The first-order valence-corrected chi connectivity index (χ1v) is 6.17. The lowest BCUT2D eigenvalue weighted by atomic mass is 10.4. The van der Waals surface area contributed by atoms with Gasteiger partial charge in [-0.25, -0.2) is 13.1 Å². The minimum Gasteiger partial charge on any atom is -0.468 e. The van der Waals surface area contributed by atoms with E-state index in [0.717, 1.165) is 7.11 Å². The fourth-order valence-corrected chi connectivity index (χ4v) is 1.87. The van der Waals surface area contributed by atoms with Crippen molar-refractivity contribution in [1.82, 2.24) is 4.72 Å². The molecule has 0 saturated heterocycles. The van der Waals surface area contributed by atoms with Crippen LogP contribution in [0.3, 0.4) is 0 Å². The van der Waals surface area contributed by atoms with Crippen molar-refractivity contribution >= 4 is 16.0 Å². The maximum atomic E-state index is 11.5. The third-order valence-electron chi connectivity index (χ3n) is 1.85. The van der Waals surface area contributed by atoms with E-state index < -0.39 is 21.2 Å². The largest absolute Gasteiger partial charge is 0.468 e. The Hall–Kier alpha value is -0.880. The van der Waals surface area contributed by atoms with Crippen LogP contribution in [0.15, 0.2) is 12.2 Å². The molecule has 1 atom stereocenters. The van der Waals surface area contributed by atoms with Gasteiger partial charge in [0, 0.05) is 6.54 Å². The average Bonchev–Trinajstić information content (AvgIpc) is 2.22. The van der Waals surface area contributed by atoms with Crippen molar-refractivity contribution in [3.05, 3.63) is 12.2 Å². The molecule has 0 aliphatic carbocycles. The van der Waals surface area contributed by atoms with Gasteiger partial charge in [0.1, 0.15) is 0 Å². The predicted octanol–water partition coefficient (Wildman–Crippen LogP) is 0.433. The number of allylic oxidation sites excluding steroid dienone is 1. The Labute approximate surface area is 90.6 Å². The van der Waals surface area contributed by atoms with Crippen LogP contribution in [0.1, 0.15) is 20.3 Å². The van der Waals surface area contributed by atoms with Crippen LogP contribution in [-0.2, 0) is 19.6 Å². The average molecular weight is 235 g/mol. The molecule has 15 heavy (non-hydrogen) atoms. The Morgan fingerprint density at radius 2 is 2.13 bits per heavy atom. The van der Waals surface area contributed by atoms with Crippen LogP contribution < -0.4 is 4.72 Å². The van der Waals surface area contributed by atoms with Crippen molar-refractivity contribution < 1.29 is 17.9 Å². The topological polar surface area (TPSA) is 72.5 Å². The van der Waals surface area contributed by atoms with Crippen LogP contribution in [0.2, 0.25) is 0 Å². The number of methoxy groups -OCH3 is 1. The number of carbonyl (C=O) groups is 1. The van der Waals surface area contributed by atoms with Gasteiger partial charge >= 0.3 is 5.97 Å². The van der Waals surface area contributed by atoms with Crippen molar-refractivity contribution in [1.29, 1.82) is 0 Å². The Kier molecular flexibility index (Phi) is 6.19. The van der Waals surface area contributed by atoms with Crippen molar-refractivity contribution in [2.75, 3.05) is 13.7 Å². The number of sulfonamides is 1. The summed E-state index contributed by atoms with van der Waals surface area (Å²) in [4.78, 5) is 11.0. The summed E-state index contributed by atoms with van der Waals surface area (Å²) in [7, 11) is -2.45. The maximum absolute atomic E-state index is 11.5. The fourth-order valence-electron chi connectivity index (χ4n) is 0.869. The number of esters is 1. The predicted molar refractivity (Wildman–Crippen MR) is 57.8 cm³/mol. The second-order valence-electron chi connectivity index (χ2n) is 2.96. The SMILES string of the molecule is C/C=C/CCNS(=O)(=O)C(C)C(=O)OC. The van der Waals surface area contributed by atoms with Crippen LogP contribution in [-0.4, -0.2) is 33.3 Å². The maximum Gasteiger partial charge on any atom is 0.325 e. The number of rotatable bonds is 6. The van der Waals surface area contributed by atoms with Crippen LogP contribution >= 0.6 is 0 Å². The molecule has 88 valence electrons. The van der Waals surface area contributed by atoms with E-state index >= 15 is 0 Å². The number of hydrogen-bond donors (Lipinski definition) is 1. The van der Waals surface area contributed by atoms with Gasteiger partial charge in [0.2, 0.25) is 10.0 Å². The molecule has 0 bridgehead atoms. The Morgan fingerprint density at radius 3 is 2.60 bits per heavy atom. The van der Waals surface area contributed by atoms with E-state index in [4.69, 9.17) is 0 Å².